The number of amides is 1. The van der Waals surface area contributed by atoms with Gasteiger partial charge in [-0.3, -0.25) is 15.0 Å². The molecule has 0 spiro atoms. The van der Waals surface area contributed by atoms with Crippen LogP contribution in [-0.4, -0.2) is 60.6 Å². The predicted octanol–water partition coefficient (Wildman–Crippen LogP) is -1.33. The quantitative estimate of drug-likeness (QED) is 0.424. The zero-order valence-corrected chi connectivity index (χ0v) is 15.8. The number of benzene rings is 1. The zero-order chi connectivity index (χ0) is 19.5. The van der Waals surface area contributed by atoms with Crippen molar-refractivity contribution in [3.05, 3.63) is 35.9 Å². The molecule has 1 aromatic rings. The number of hydrogen-bond acceptors (Lipinski definition) is 8. The van der Waals surface area contributed by atoms with Crippen LogP contribution in [0.5, 0.6) is 0 Å². The van der Waals surface area contributed by atoms with Crippen molar-refractivity contribution < 1.29 is 4.79 Å². The fourth-order valence-electron chi connectivity index (χ4n) is 4.32. The highest BCUT2D eigenvalue weighted by molar-refractivity contribution is 5.80. The molecular weight excluding hydrogens is 356 g/mol. The molecule has 9 heteroatoms. The van der Waals surface area contributed by atoms with Crippen molar-refractivity contribution in [1.29, 1.82) is 5.26 Å². The first-order valence-electron chi connectivity index (χ1n) is 9.83. The number of nitriles is 1. The summed E-state index contributed by atoms with van der Waals surface area (Å²) in [5.74, 6) is -0.198. The van der Waals surface area contributed by atoms with Gasteiger partial charge in [-0.15, -0.1) is 0 Å². The lowest BCUT2D eigenvalue weighted by Gasteiger charge is -2.36. The van der Waals surface area contributed by atoms with Gasteiger partial charge in [0.05, 0.1) is 37.2 Å². The van der Waals surface area contributed by atoms with Gasteiger partial charge < -0.3 is 16.4 Å². The smallest absolute Gasteiger partial charge is 0.230 e. The summed E-state index contributed by atoms with van der Waals surface area (Å²) in [5, 5.41) is 20.8. The summed E-state index contributed by atoms with van der Waals surface area (Å²) < 4.78 is 0. The number of carbonyl (C=O) groups excluding carboxylic acids is 1. The minimum absolute atomic E-state index is 0.0505. The highest BCUT2D eigenvalue weighted by Gasteiger charge is 2.47. The number of hydrazine groups is 1. The number of hydrogen-bond donors (Lipinski definition) is 5. The van der Waals surface area contributed by atoms with Crippen LogP contribution in [0.15, 0.2) is 30.3 Å². The molecule has 0 radical (unpaired) electrons. The minimum Gasteiger partial charge on any atom is -0.339 e. The van der Waals surface area contributed by atoms with Gasteiger partial charge in [-0.25, -0.2) is 10.4 Å². The first kappa shape index (κ1) is 19.3. The third kappa shape index (κ3) is 4.03. The topological polar surface area (TPSA) is 121 Å². The van der Waals surface area contributed by atoms with Gasteiger partial charge in [0, 0.05) is 32.6 Å². The lowest BCUT2D eigenvalue weighted by atomic mass is 9.98. The summed E-state index contributed by atoms with van der Waals surface area (Å²) in [6.45, 7) is 3.65. The van der Waals surface area contributed by atoms with E-state index in [1.54, 1.807) is 0 Å². The second kappa shape index (κ2) is 8.53. The maximum Gasteiger partial charge on any atom is 0.230 e. The average molecular weight is 384 g/mol. The van der Waals surface area contributed by atoms with E-state index >= 15 is 0 Å². The monoisotopic (exact) mass is 384 g/mol. The predicted molar refractivity (Wildman–Crippen MR) is 104 cm³/mol. The normalized spacial score (nSPS) is 33.4. The molecule has 150 valence electrons. The molecular formula is C19H28N8O. The van der Waals surface area contributed by atoms with E-state index in [0.717, 1.165) is 19.8 Å². The van der Waals surface area contributed by atoms with Crippen molar-refractivity contribution >= 4 is 5.91 Å². The van der Waals surface area contributed by atoms with E-state index in [2.05, 4.69) is 44.5 Å². The van der Waals surface area contributed by atoms with Crippen molar-refractivity contribution in [3.63, 3.8) is 0 Å². The van der Waals surface area contributed by atoms with Crippen LogP contribution < -0.4 is 27.1 Å². The molecule has 0 aromatic heterocycles. The van der Waals surface area contributed by atoms with E-state index < -0.39 is 6.17 Å². The molecule has 3 aliphatic rings. The second-order valence-corrected chi connectivity index (χ2v) is 7.78. The number of fused-ring (bicyclic) bond motifs is 1. The molecule has 1 amide bonds. The summed E-state index contributed by atoms with van der Waals surface area (Å²) in [5.41, 5.74) is 10.7. The van der Waals surface area contributed by atoms with Crippen molar-refractivity contribution in [1.82, 2.24) is 31.3 Å². The van der Waals surface area contributed by atoms with E-state index in [0.29, 0.717) is 19.5 Å². The number of nitrogens with zero attached hydrogens (tertiary/aromatic N) is 3. The molecule has 0 aliphatic carbocycles. The Morgan fingerprint density at radius 2 is 2.14 bits per heavy atom. The lowest BCUT2D eigenvalue weighted by molar-refractivity contribution is -0.128. The van der Waals surface area contributed by atoms with Crippen LogP contribution in [-0.2, 0) is 11.3 Å². The molecule has 5 atom stereocenters. The Kier molecular flexibility index (Phi) is 5.87. The van der Waals surface area contributed by atoms with Crippen LogP contribution in [0.2, 0.25) is 0 Å². The third-order valence-electron chi connectivity index (χ3n) is 5.76. The second-order valence-electron chi connectivity index (χ2n) is 7.78. The average Bonchev–Trinajstić information content (AvgIpc) is 3.25. The molecule has 5 unspecified atom stereocenters. The molecule has 28 heavy (non-hydrogen) atoms. The van der Waals surface area contributed by atoms with Crippen LogP contribution in [0, 0.1) is 23.2 Å². The Balaban J connectivity index is 1.37. The zero-order valence-electron chi connectivity index (χ0n) is 15.8. The summed E-state index contributed by atoms with van der Waals surface area (Å²) in [7, 11) is 0. The summed E-state index contributed by atoms with van der Waals surface area (Å²) in [6, 6.07) is 12.5. The van der Waals surface area contributed by atoms with Gasteiger partial charge in [0.15, 0.2) is 0 Å². The maximum absolute atomic E-state index is 13.1. The van der Waals surface area contributed by atoms with Crippen LogP contribution in [0.1, 0.15) is 12.0 Å². The molecule has 0 bridgehead atoms. The van der Waals surface area contributed by atoms with Crippen molar-refractivity contribution in [3.8, 4) is 6.07 Å². The Morgan fingerprint density at radius 3 is 2.93 bits per heavy atom. The van der Waals surface area contributed by atoms with Gasteiger partial charge >= 0.3 is 0 Å². The Hall–Kier alpha value is -2.06. The van der Waals surface area contributed by atoms with E-state index in [4.69, 9.17) is 11.0 Å². The van der Waals surface area contributed by atoms with Gasteiger partial charge in [-0.2, -0.15) is 5.26 Å². The van der Waals surface area contributed by atoms with Gasteiger partial charge in [0.2, 0.25) is 5.91 Å². The van der Waals surface area contributed by atoms with Crippen LogP contribution in [0.4, 0.5) is 0 Å². The highest BCUT2D eigenvalue weighted by Crippen LogP contribution is 2.24. The molecule has 1 aromatic carbocycles. The summed E-state index contributed by atoms with van der Waals surface area (Å²) in [4.78, 5) is 15.3. The number of nitrogens with one attached hydrogen (secondary N) is 4. The van der Waals surface area contributed by atoms with Gasteiger partial charge in [-0.1, -0.05) is 30.3 Å². The first-order valence-corrected chi connectivity index (χ1v) is 9.83. The molecule has 3 aliphatic heterocycles. The summed E-state index contributed by atoms with van der Waals surface area (Å²) >= 11 is 0. The molecule has 4 rings (SSSR count). The largest absolute Gasteiger partial charge is 0.339 e. The first-order chi connectivity index (χ1) is 13.7. The van der Waals surface area contributed by atoms with E-state index in [9.17, 15) is 4.79 Å². The molecule has 9 nitrogen and oxygen atoms in total. The molecule has 6 N–H and O–H groups in total. The molecule has 3 saturated heterocycles. The Morgan fingerprint density at radius 1 is 1.32 bits per heavy atom. The van der Waals surface area contributed by atoms with E-state index in [1.807, 2.05) is 23.2 Å². The standard InChI is InChI=1S/C19H28N8O/c20-7-6-14-8-23-18-16(17(21)25-27(18)11-14)19(28)24-15-9-22-12-26(15)10-13-4-2-1-3-5-13/h1-5,14-18,22-23,25H,6,8-12,21H2,(H,24,28). The van der Waals surface area contributed by atoms with Gasteiger partial charge in [0.25, 0.3) is 0 Å². The van der Waals surface area contributed by atoms with Crippen molar-refractivity contribution in [2.75, 3.05) is 26.3 Å². The molecule has 3 heterocycles. The van der Waals surface area contributed by atoms with Gasteiger partial charge in [-0.05, 0) is 11.5 Å². The van der Waals surface area contributed by atoms with Crippen molar-refractivity contribution in [2.24, 2.45) is 17.6 Å². The molecule has 0 saturated carbocycles. The Labute approximate surface area is 165 Å². The maximum atomic E-state index is 13.1. The van der Waals surface area contributed by atoms with E-state index in [-0.39, 0.29) is 30.1 Å². The minimum atomic E-state index is -0.449. The highest BCUT2D eigenvalue weighted by atomic mass is 16.2. The fraction of sp³-hybridized carbons (Fsp3) is 0.579. The Bertz CT molecular complexity index is 722. The van der Waals surface area contributed by atoms with Crippen LogP contribution in [0.3, 0.4) is 0 Å². The SMILES string of the molecule is N#CCC1CNC2C(C(=O)NC3CNCN3Cc3ccccc3)C(N)NN2C1. The third-order valence-corrected chi connectivity index (χ3v) is 5.76. The van der Waals surface area contributed by atoms with Crippen LogP contribution >= 0.6 is 0 Å². The van der Waals surface area contributed by atoms with Crippen molar-refractivity contribution in [2.45, 2.75) is 31.5 Å². The number of rotatable bonds is 5. The fourth-order valence-corrected chi connectivity index (χ4v) is 4.32. The van der Waals surface area contributed by atoms with E-state index in [1.165, 1.54) is 5.56 Å². The lowest BCUT2D eigenvalue weighted by Crippen LogP contribution is -2.59. The molecule has 3 fully saturated rings. The number of nitrogens with two attached hydrogens (primary N) is 1. The number of carbonyl (C=O) groups is 1. The van der Waals surface area contributed by atoms with Gasteiger partial charge in [0.1, 0.15) is 0 Å². The van der Waals surface area contributed by atoms with Crippen LogP contribution in [0.25, 0.3) is 0 Å². The summed E-state index contributed by atoms with van der Waals surface area (Å²) in [6.07, 6.45) is -0.173.